The Hall–Kier alpha value is 0.0600. The fraction of sp³-hybridized carbons (Fsp3) is 0.455. The molecule has 90 valence electrons. The first-order chi connectivity index (χ1) is 7.69. The Morgan fingerprint density at radius 1 is 1.38 bits per heavy atom. The molecule has 0 aromatic heterocycles. The highest BCUT2D eigenvalue weighted by molar-refractivity contribution is 9.13. The smallest absolute Gasteiger partial charge is 0.0587 e. The zero-order valence-corrected chi connectivity index (χ0v) is 12.3. The van der Waals surface area contributed by atoms with Crippen molar-refractivity contribution in [1.29, 1.82) is 0 Å². The van der Waals surface area contributed by atoms with Gasteiger partial charge in [-0.05, 0) is 49.6 Å². The molecule has 1 atom stereocenters. The summed E-state index contributed by atoms with van der Waals surface area (Å²) in [6.07, 6.45) is 0. The standard InChI is InChI=1S/C11H16Br2N2O/c1-16-5-4-15-11(7-14)8-2-3-9(12)10(13)6-8/h2-3,6,11,15H,4-5,7,14H2,1H3. The van der Waals surface area contributed by atoms with Gasteiger partial charge < -0.3 is 15.8 Å². The number of halogens is 2. The number of hydrogen-bond acceptors (Lipinski definition) is 3. The minimum Gasteiger partial charge on any atom is -0.383 e. The number of nitrogens with two attached hydrogens (primary N) is 1. The Kier molecular flexibility index (Phi) is 6.53. The lowest BCUT2D eigenvalue weighted by molar-refractivity contribution is 0.196. The van der Waals surface area contributed by atoms with Crippen molar-refractivity contribution in [3.63, 3.8) is 0 Å². The molecule has 1 aromatic carbocycles. The minimum atomic E-state index is 0.166. The summed E-state index contributed by atoms with van der Waals surface area (Å²) in [5, 5.41) is 3.35. The summed E-state index contributed by atoms with van der Waals surface area (Å²) >= 11 is 6.93. The van der Waals surface area contributed by atoms with Crippen molar-refractivity contribution in [2.24, 2.45) is 5.73 Å². The normalized spacial score (nSPS) is 12.8. The third-order valence-electron chi connectivity index (χ3n) is 2.28. The summed E-state index contributed by atoms with van der Waals surface area (Å²) in [5.41, 5.74) is 6.92. The van der Waals surface area contributed by atoms with Gasteiger partial charge in [0.1, 0.15) is 0 Å². The summed E-state index contributed by atoms with van der Waals surface area (Å²) in [6, 6.07) is 6.31. The lowest BCUT2D eigenvalue weighted by Gasteiger charge is -2.17. The van der Waals surface area contributed by atoms with E-state index in [-0.39, 0.29) is 6.04 Å². The van der Waals surface area contributed by atoms with Gasteiger partial charge in [-0.1, -0.05) is 6.07 Å². The third kappa shape index (κ3) is 4.14. The number of nitrogens with one attached hydrogen (secondary N) is 1. The Bertz CT molecular complexity index is 334. The molecular formula is C11H16Br2N2O. The van der Waals surface area contributed by atoms with Gasteiger partial charge in [0.2, 0.25) is 0 Å². The maximum atomic E-state index is 5.74. The van der Waals surface area contributed by atoms with E-state index >= 15 is 0 Å². The topological polar surface area (TPSA) is 47.3 Å². The van der Waals surface area contributed by atoms with E-state index in [1.807, 2.05) is 6.07 Å². The van der Waals surface area contributed by atoms with Gasteiger partial charge >= 0.3 is 0 Å². The van der Waals surface area contributed by atoms with Gasteiger partial charge in [0, 0.05) is 35.2 Å². The summed E-state index contributed by atoms with van der Waals surface area (Å²) < 4.78 is 7.08. The Morgan fingerprint density at radius 2 is 2.12 bits per heavy atom. The summed E-state index contributed by atoms with van der Waals surface area (Å²) in [5.74, 6) is 0. The van der Waals surface area contributed by atoms with Crippen LogP contribution in [0.3, 0.4) is 0 Å². The number of ether oxygens (including phenoxy) is 1. The summed E-state index contributed by atoms with van der Waals surface area (Å²) in [7, 11) is 1.69. The molecule has 1 rings (SSSR count). The molecule has 1 unspecified atom stereocenters. The lowest BCUT2D eigenvalue weighted by atomic mass is 10.1. The fourth-order valence-corrected chi connectivity index (χ4v) is 2.04. The molecule has 3 nitrogen and oxygen atoms in total. The average Bonchev–Trinajstić information content (AvgIpc) is 2.29. The molecule has 0 spiro atoms. The van der Waals surface area contributed by atoms with E-state index in [1.54, 1.807) is 7.11 Å². The van der Waals surface area contributed by atoms with E-state index in [1.165, 1.54) is 5.56 Å². The lowest BCUT2D eigenvalue weighted by Crippen LogP contribution is -2.30. The molecule has 5 heteroatoms. The van der Waals surface area contributed by atoms with Crippen LogP contribution in [-0.2, 0) is 4.74 Å². The maximum Gasteiger partial charge on any atom is 0.0587 e. The molecule has 0 saturated carbocycles. The number of hydrogen-bond donors (Lipinski definition) is 2. The molecule has 0 heterocycles. The van der Waals surface area contributed by atoms with E-state index in [0.717, 1.165) is 15.5 Å². The minimum absolute atomic E-state index is 0.166. The molecule has 1 aromatic rings. The SMILES string of the molecule is COCCNC(CN)c1ccc(Br)c(Br)c1. The molecule has 0 aliphatic heterocycles. The first kappa shape index (κ1) is 14.1. The first-order valence-corrected chi connectivity index (χ1v) is 6.65. The van der Waals surface area contributed by atoms with Crippen molar-refractivity contribution in [2.75, 3.05) is 26.8 Å². The highest BCUT2D eigenvalue weighted by atomic mass is 79.9. The molecular weight excluding hydrogens is 336 g/mol. The van der Waals surface area contributed by atoms with E-state index < -0.39 is 0 Å². The highest BCUT2D eigenvalue weighted by Crippen LogP contribution is 2.26. The fourth-order valence-electron chi connectivity index (χ4n) is 1.40. The van der Waals surface area contributed by atoms with Crippen LogP contribution in [0.25, 0.3) is 0 Å². The molecule has 0 bridgehead atoms. The molecule has 3 N–H and O–H groups in total. The number of rotatable bonds is 6. The second kappa shape index (κ2) is 7.40. The molecule has 0 amide bonds. The van der Waals surface area contributed by atoms with E-state index in [0.29, 0.717) is 13.2 Å². The molecule has 0 aliphatic rings. The molecule has 0 aliphatic carbocycles. The van der Waals surface area contributed by atoms with Gasteiger partial charge in [-0.3, -0.25) is 0 Å². The van der Waals surface area contributed by atoms with Gasteiger partial charge in [-0.15, -0.1) is 0 Å². The van der Waals surface area contributed by atoms with Crippen LogP contribution >= 0.6 is 31.9 Å². The van der Waals surface area contributed by atoms with Crippen LogP contribution in [-0.4, -0.2) is 26.8 Å². The highest BCUT2D eigenvalue weighted by Gasteiger charge is 2.09. The van der Waals surface area contributed by atoms with Crippen LogP contribution in [0.15, 0.2) is 27.1 Å². The summed E-state index contributed by atoms with van der Waals surface area (Å²) in [4.78, 5) is 0. The molecule has 0 fully saturated rings. The van der Waals surface area contributed by atoms with Crippen LogP contribution in [0, 0.1) is 0 Å². The zero-order valence-electron chi connectivity index (χ0n) is 9.17. The second-order valence-corrected chi connectivity index (χ2v) is 5.12. The van der Waals surface area contributed by atoms with E-state index in [2.05, 4.69) is 49.3 Å². The molecule has 0 radical (unpaired) electrons. The number of benzene rings is 1. The Labute approximate surface area is 113 Å². The van der Waals surface area contributed by atoms with Crippen LogP contribution in [0.5, 0.6) is 0 Å². The van der Waals surface area contributed by atoms with E-state index in [9.17, 15) is 0 Å². The van der Waals surface area contributed by atoms with Crippen molar-refractivity contribution in [3.8, 4) is 0 Å². The van der Waals surface area contributed by atoms with Crippen molar-refractivity contribution < 1.29 is 4.74 Å². The van der Waals surface area contributed by atoms with Crippen LogP contribution < -0.4 is 11.1 Å². The van der Waals surface area contributed by atoms with Crippen LogP contribution in [0.2, 0.25) is 0 Å². The maximum absolute atomic E-state index is 5.74. The van der Waals surface area contributed by atoms with Gasteiger partial charge in [0.15, 0.2) is 0 Å². The zero-order chi connectivity index (χ0) is 12.0. The Morgan fingerprint density at radius 3 is 2.69 bits per heavy atom. The average molecular weight is 352 g/mol. The van der Waals surface area contributed by atoms with Crippen LogP contribution in [0.1, 0.15) is 11.6 Å². The molecule has 16 heavy (non-hydrogen) atoms. The third-order valence-corrected chi connectivity index (χ3v) is 4.16. The second-order valence-electron chi connectivity index (χ2n) is 3.41. The van der Waals surface area contributed by atoms with Gasteiger partial charge in [0.25, 0.3) is 0 Å². The van der Waals surface area contributed by atoms with Gasteiger partial charge in [-0.2, -0.15) is 0 Å². The molecule has 0 saturated heterocycles. The Balaban J connectivity index is 2.67. The predicted octanol–water partition coefficient (Wildman–Crippen LogP) is 2.45. The van der Waals surface area contributed by atoms with Crippen molar-refractivity contribution >= 4 is 31.9 Å². The quantitative estimate of drug-likeness (QED) is 0.774. The van der Waals surface area contributed by atoms with Crippen molar-refractivity contribution in [2.45, 2.75) is 6.04 Å². The largest absolute Gasteiger partial charge is 0.383 e. The predicted molar refractivity (Wildman–Crippen MR) is 73.5 cm³/mol. The van der Waals surface area contributed by atoms with Crippen molar-refractivity contribution in [3.05, 3.63) is 32.7 Å². The van der Waals surface area contributed by atoms with Crippen LogP contribution in [0.4, 0.5) is 0 Å². The monoisotopic (exact) mass is 350 g/mol. The van der Waals surface area contributed by atoms with E-state index in [4.69, 9.17) is 10.5 Å². The van der Waals surface area contributed by atoms with Gasteiger partial charge in [0.05, 0.1) is 6.61 Å². The first-order valence-electron chi connectivity index (χ1n) is 5.06. The number of methoxy groups -OCH3 is 1. The van der Waals surface area contributed by atoms with Gasteiger partial charge in [-0.25, -0.2) is 0 Å². The van der Waals surface area contributed by atoms with Crippen molar-refractivity contribution in [1.82, 2.24) is 5.32 Å². The summed E-state index contributed by atoms with van der Waals surface area (Å²) in [6.45, 7) is 2.05.